The Morgan fingerprint density at radius 3 is 1.78 bits per heavy atom. The van der Waals surface area contributed by atoms with Crippen molar-refractivity contribution in [1.82, 2.24) is 0 Å². The zero-order chi connectivity index (χ0) is 24.1. The SMILES string of the molecule is C=CCC.CCCCCCCCCCC1COC(OCC)(OCC)C(CCC)(OCC)O1. The van der Waals surface area contributed by atoms with Gasteiger partial charge in [0.1, 0.15) is 0 Å². The van der Waals surface area contributed by atoms with Crippen molar-refractivity contribution in [2.24, 2.45) is 0 Å². The Bertz CT molecular complexity index is 414. The summed E-state index contributed by atoms with van der Waals surface area (Å²) in [5, 5.41) is 0. The van der Waals surface area contributed by atoms with Crippen LogP contribution in [0.25, 0.3) is 0 Å². The molecule has 1 aliphatic heterocycles. The summed E-state index contributed by atoms with van der Waals surface area (Å²) in [4.78, 5) is 0. The van der Waals surface area contributed by atoms with Crippen LogP contribution in [0.5, 0.6) is 0 Å². The Labute approximate surface area is 199 Å². The van der Waals surface area contributed by atoms with E-state index in [9.17, 15) is 0 Å². The van der Waals surface area contributed by atoms with Crippen molar-refractivity contribution < 1.29 is 23.7 Å². The smallest absolute Gasteiger partial charge is 0.340 e. The quantitative estimate of drug-likeness (QED) is 0.119. The number of rotatable bonds is 18. The van der Waals surface area contributed by atoms with E-state index in [1.165, 1.54) is 44.9 Å². The van der Waals surface area contributed by atoms with Gasteiger partial charge in [-0.05, 0) is 33.6 Å². The van der Waals surface area contributed by atoms with Crippen LogP contribution in [-0.4, -0.2) is 44.3 Å². The van der Waals surface area contributed by atoms with Crippen LogP contribution in [0, 0.1) is 0 Å². The van der Waals surface area contributed by atoms with Crippen molar-refractivity contribution in [3.63, 3.8) is 0 Å². The first-order valence-electron chi connectivity index (χ1n) is 13.4. The second kappa shape index (κ2) is 20.0. The van der Waals surface area contributed by atoms with Gasteiger partial charge in [0.25, 0.3) is 5.79 Å². The summed E-state index contributed by atoms with van der Waals surface area (Å²) in [6.07, 6.45) is 16.0. The number of unbranched alkanes of at least 4 members (excludes halogenated alkanes) is 7. The van der Waals surface area contributed by atoms with Gasteiger partial charge in [0, 0.05) is 26.2 Å². The van der Waals surface area contributed by atoms with Gasteiger partial charge in [-0.15, -0.1) is 6.58 Å². The topological polar surface area (TPSA) is 46.2 Å². The highest BCUT2D eigenvalue weighted by atomic mass is 16.9. The zero-order valence-electron chi connectivity index (χ0n) is 22.2. The lowest BCUT2D eigenvalue weighted by Gasteiger charge is -2.52. The second-order valence-electron chi connectivity index (χ2n) is 8.37. The zero-order valence-corrected chi connectivity index (χ0v) is 22.2. The fraction of sp³-hybridized carbons (Fsp3) is 0.926. The Balaban J connectivity index is 0.00000220. The van der Waals surface area contributed by atoms with Crippen molar-refractivity contribution in [3.05, 3.63) is 12.7 Å². The molecular formula is C27H54O5. The summed E-state index contributed by atoms with van der Waals surface area (Å²) < 4.78 is 30.8. The molecule has 0 N–H and O–H groups in total. The predicted octanol–water partition coefficient (Wildman–Crippen LogP) is 7.77. The number of hydrogen-bond acceptors (Lipinski definition) is 5. The second-order valence-corrected chi connectivity index (χ2v) is 8.37. The van der Waals surface area contributed by atoms with Gasteiger partial charge in [0.05, 0.1) is 12.7 Å². The van der Waals surface area contributed by atoms with E-state index < -0.39 is 11.8 Å². The number of hydrogen-bond donors (Lipinski definition) is 0. The highest BCUT2D eigenvalue weighted by molar-refractivity contribution is 4.88. The fourth-order valence-electron chi connectivity index (χ4n) is 4.03. The van der Waals surface area contributed by atoms with E-state index >= 15 is 0 Å². The molecule has 1 heterocycles. The lowest BCUT2D eigenvalue weighted by Crippen LogP contribution is -2.67. The summed E-state index contributed by atoms with van der Waals surface area (Å²) in [7, 11) is 0. The molecule has 2 unspecified atom stereocenters. The predicted molar refractivity (Wildman–Crippen MR) is 134 cm³/mol. The molecule has 0 aromatic carbocycles. The highest BCUT2D eigenvalue weighted by Gasteiger charge is 2.61. The van der Waals surface area contributed by atoms with Crippen molar-refractivity contribution in [2.75, 3.05) is 26.4 Å². The molecule has 32 heavy (non-hydrogen) atoms. The molecule has 0 aliphatic carbocycles. The molecule has 0 radical (unpaired) electrons. The van der Waals surface area contributed by atoms with Crippen LogP contribution >= 0.6 is 0 Å². The van der Waals surface area contributed by atoms with Crippen LogP contribution in [-0.2, 0) is 23.7 Å². The van der Waals surface area contributed by atoms with E-state index in [1.807, 2.05) is 26.8 Å². The van der Waals surface area contributed by atoms with Gasteiger partial charge in [0.15, 0.2) is 0 Å². The van der Waals surface area contributed by atoms with Gasteiger partial charge in [0.2, 0.25) is 0 Å². The fourth-order valence-corrected chi connectivity index (χ4v) is 4.03. The minimum Gasteiger partial charge on any atom is -0.344 e. The van der Waals surface area contributed by atoms with E-state index in [4.69, 9.17) is 23.7 Å². The molecule has 1 saturated heterocycles. The van der Waals surface area contributed by atoms with Gasteiger partial charge in [-0.25, -0.2) is 0 Å². The van der Waals surface area contributed by atoms with Crippen LogP contribution in [0.2, 0.25) is 0 Å². The van der Waals surface area contributed by atoms with Gasteiger partial charge in [-0.2, -0.15) is 0 Å². The molecule has 5 heteroatoms. The molecule has 1 rings (SSSR count). The summed E-state index contributed by atoms with van der Waals surface area (Å²) >= 11 is 0. The van der Waals surface area contributed by atoms with Crippen molar-refractivity contribution in [1.29, 1.82) is 0 Å². The van der Waals surface area contributed by atoms with E-state index in [-0.39, 0.29) is 6.10 Å². The van der Waals surface area contributed by atoms with Crippen molar-refractivity contribution in [3.8, 4) is 0 Å². The third-order valence-electron chi connectivity index (χ3n) is 5.58. The van der Waals surface area contributed by atoms with Gasteiger partial charge >= 0.3 is 5.97 Å². The van der Waals surface area contributed by atoms with E-state index in [1.54, 1.807) is 0 Å². The summed E-state index contributed by atoms with van der Waals surface area (Å²) in [5.41, 5.74) is 0. The normalized spacial score (nSPS) is 22.2. The molecule has 1 fully saturated rings. The van der Waals surface area contributed by atoms with E-state index in [0.717, 1.165) is 25.7 Å². The highest BCUT2D eigenvalue weighted by Crippen LogP contribution is 2.43. The van der Waals surface area contributed by atoms with Gasteiger partial charge in [-0.3, -0.25) is 0 Å². The maximum absolute atomic E-state index is 6.54. The maximum Gasteiger partial charge on any atom is 0.340 e. The summed E-state index contributed by atoms with van der Waals surface area (Å²) in [5.74, 6) is -2.29. The molecule has 0 amide bonds. The van der Waals surface area contributed by atoms with Crippen LogP contribution in [0.1, 0.15) is 119 Å². The molecule has 0 bridgehead atoms. The van der Waals surface area contributed by atoms with Crippen LogP contribution < -0.4 is 0 Å². The lowest BCUT2D eigenvalue weighted by molar-refractivity contribution is -0.529. The van der Waals surface area contributed by atoms with E-state index in [0.29, 0.717) is 32.8 Å². The van der Waals surface area contributed by atoms with Gasteiger partial charge < -0.3 is 23.7 Å². The summed E-state index contributed by atoms with van der Waals surface area (Å²) in [6.45, 7) is 17.7. The van der Waals surface area contributed by atoms with E-state index in [2.05, 4.69) is 27.4 Å². The number of allylic oxidation sites excluding steroid dienone is 1. The van der Waals surface area contributed by atoms with Crippen LogP contribution in [0.15, 0.2) is 12.7 Å². The molecule has 0 spiro atoms. The summed E-state index contributed by atoms with van der Waals surface area (Å²) in [6, 6.07) is 0. The van der Waals surface area contributed by atoms with Gasteiger partial charge in [-0.1, -0.05) is 84.6 Å². The third kappa shape index (κ3) is 11.1. The Morgan fingerprint density at radius 1 is 0.781 bits per heavy atom. The Hall–Kier alpha value is -0.460. The molecule has 5 nitrogen and oxygen atoms in total. The van der Waals surface area contributed by atoms with Crippen molar-refractivity contribution >= 4 is 0 Å². The maximum atomic E-state index is 6.54. The third-order valence-corrected chi connectivity index (χ3v) is 5.58. The first-order chi connectivity index (χ1) is 15.5. The molecule has 192 valence electrons. The molecule has 2 atom stereocenters. The lowest BCUT2D eigenvalue weighted by atomic mass is 10.0. The minimum atomic E-state index is -1.28. The van der Waals surface area contributed by atoms with Crippen molar-refractivity contribution in [2.45, 2.75) is 136 Å². The Morgan fingerprint density at radius 2 is 1.31 bits per heavy atom. The largest absolute Gasteiger partial charge is 0.344 e. The molecule has 0 aromatic rings. The first kappa shape index (κ1) is 31.5. The minimum absolute atomic E-state index is 0.0206. The van der Waals surface area contributed by atoms with Crippen LogP contribution in [0.4, 0.5) is 0 Å². The average Bonchev–Trinajstić information content (AvgIpc) is 2.79. The first-order valence-corrected chi connectivity index (χ1v) is 13.4. The molecule has 0 aromatic heterocycles. The molecule has 1 aliphatic rings. The molecular weight excluding hydrogens is 404 g/mol. The Kier molecular flexibility index (Phi) is 19.7. The number of ether oxygens (including phenoxy) is 5. The molecule has 0 saturated carbocycles. The standard InChI is InChI=1S/C23H46O5.C4H8/c1-6-11-12-13-14-15-16-17-18-21-20-27-23(25-9-4,26-10-5)22(28-21,19-7-2)24-8-3;1-3-4-2/h21H,6-20H2,1-5H3;3H,1,4H2,2H3. The monoisotopic (exact) mass is 458 g/mol. The average molecular weight is 459 g/mol. The van der Waals surface area contributed by atoms with Crippen LogP contribution in [0.3, 0.4) is 0 Å².